The highest BCUT2D eigenvalue weighted by atomic mass is 35.5. The molecule has 0 aromatic heterocycles. The van der Waals surface area contributed by atoms with E-state index in [-0.39, 0.29) is 0 Å². The molecule has 0 bridgehead atoms. The van der Waals surface area contributed by atoms with Crippen LogP contribution in [0.1, 0.15) is 45.4 Å². The highest BCUT2D eigenvalue weighted by Gasteiger charge is 1.99. The molecule has 0 fully saturated rings. The fraction of sp³-hybridized carbons (Fsp3) is 1.00. The first-order valence-corrected chi connectivity index (χ1v) is 5.51. The molecule has 2 heteroatoms. The lowest BCUT2D eigenvalue weighted by molar-refractivity contribution is 0.281. The second-order valence-electron chi connectivity index (χ2n) is 3.51. The van der Waals surface area contributed by atoms with E-state index < -0.39 is 0 Å². The Labute approximate surface area is 81.1 Å². The fourth-order valence-electron chi connectivity index (χ4n) is 1.29. The zero-order valence-electron chi connectivity index (χ0n) is 8.06. The second-order valence-corrected chi connectivity index (χ2v) is 3.89. The Morgan fingerprint density at radius 1 is 1.08 bits per heavy atom. The third-order valence-electron chi connectivity index (χ3n) is 2.21. The molecule has 0 saturated carbocycles. The number of rotatable bonds is 8. The Balaban J connectivity index is 2.97. The molecule has 0 aromatic carbocycles. The van der Waals surface area contributed by atoms with Crippen molar-refractivity contribution >= 4 is 11.6 Å². The highest BCUT2D eigenvalue weighted by molar-refractivity contribution is 6.17. The summed E-state index contributed by atoms with van der Waals surface area (Å²) in [6.07, 6.45) is 7.11. The summed E-state index contributed by atoms with van der Waals surface area (Å²) in [6.45, 7) is 2.60. The summed E-state index contributed by atoms with van der Waals surface area (Å²) in [5.74, 6) is 1.56. The maximum atomic E-state index is 8.54. The maximum absolute atomic E-state index is 8.54. The number of aliphatic hydroxyl groups is 1. The Bertz CT molecular complexity index is 85.9. The molecule has 0 aromatic rings. The van der Waals surface area contributed by atoms with Gasteiger partial charge in [0.2, 0.25) is 0 Å². The first-order valence-electron chi connectivity index (χ1n) is 4.98. The van der Waals surface area contributed by atoms with Crippen LogP contribution in [0.2, 0.25) is 0 Å². The molecule has 1 nitrogen and oxygen atoms in total. The van der Waals surface area contributed by atoms with E-state index in [9.17, 15) is 0 Å². The minimum absolute atomic E-state index is 0.344. The minimum atomic E-state index is 0.344. The average Bonchev–Trinajstić information content (AvgIpc) is 2.05. The van der Waals surface area contributed by atoms with Gasteiger partial charge in [-0.2, -0.15) is 0 Å². The van der Waals surface area contributed by atoms with Gasteiger partial charge in [0, 0.05) is 12.5 Å². The van der Waals surface area contributed by atoms with Crippen molar-refractivity contribution < 1.29 is 5.11 Å². The molecular formula is C10H21ClO. The average molecular weight is 193 g/mol. The first kappa shape index (κ1) is 12.2. The van der Waals surface area contributed by atoms with Crippen molar-refractivity contribution in [3.8, 4) is 0 Å². The van der Waals surface area contributed by atoms with Crippen LogP contribution < -0.4 is 0 Å². The molecule has 0 heterocycles. The van der Waals surface area contributed by atoms with Crippen LogP contribution >= 0.6 is 11.6 Å². The number of hydrogen-bond acceptors (Lipinski definition) is 1. The van der Waals surface area contributed by atoms with Gasteiger partial charge < -0.3 is 5.11 Å². The molecule has 1 atom stereocenters. The standard InChI is InChI=1S/C10H21ClO/c1-10(7-8-11)6-4-2-3-5-9-12/h10,12H,2-9H2,1H3/t10-/m1/s1. The minimum Gasteiger partial charge on any atom is -0.396 e. The number of unbranched alkanes of at least 4 members (excludes halogenated alkanes) is 3. The fourth-order valence-corrected chi connectivity index (χ4v) is 1.66. The predicted octanol–water partition coefficient (Wildman–Crippen LogP) is 3.19. The van der Waals surface area contributed by atoms with Crippen molar-refractivity contribution in [2.75, 3.05) is 12.5 Å². The lowest BCUT2D eigenvalue weighted by Gasteiger charge is -2.07. The molecule has 0 amide bonds. The highest BCUT2D eigenvalue weighted by Crippen LogP contribution is 2.13. The number of halogens is 1. The quantitative estimate of drug-likeness (QED) is 0.463. The molecule has 0 rings (SSSR count). The van der Waals surface area contributed by atoms with Crippen molar-refractivity contribution in [2.24, 2.45) is 5.92 Å². The van der Waals surface area contributed by atoms with Gasteiger partial charge in [-0.3, -0.25) is 0 Å². The van der Waals surface area contributed by atoms with Gasteiger partial charge in [-0.1, -0.05) is 32.6 Å². The van der Waals surface area contributed by atoms with Crippen LogP contribution in [0.5, 0.6) is 0 Å². The number of aliphatic hydroxyl groups excluding tert-OH is 1. The van der Waals surface area contributed by atoms with Gasteiger partial charge in [0.05, 0.1) is 0 Å². The predicted molar refractivity (Wildman–Crippen MR) is 54.7 cm³/mol. The van der Waals surface area contributed by atoms with Crippen molar-refractivity contribution in [3.63, 3.8) is 0 Å². The van der Waals surface area contributed by atoms with Crippen molar-refractivity contribution in [1.29, 1.82) is 0 Å². The monoisotopic (exact) mass is 192 g/mol. The second kappa shape index (κ2) is 9.34. The van der Waals surface area contributed by atoms with Crippen molar-refractivity contribution in [3.05, 3.63) is 0 Å². The molecule has 0 radical (unpaired) electrons. The van der Waals surface area contributed by atoms with Gasteiger partial charge in [0.1, 0.15) is 0 Å². The van der Waals surface area contributed by atoms with Gasteiger partial charge in [0.25, 0.3) is 0 Å². The van der Waals surface area contributed by atoms with Crippen molar-refractivity contribution in [2.45, 2.75) is 45.4 Å². The molecule has 74 valence electrons. The zero-order valence-corrected chi connectivity index (χ0v) is 8.82. The maximum Gasteiger partial charge on any atom is 0.0431 e. The van der Waals surface area contributed by atoms with Crippen LogP contribution in [0.3, 0.4) is 0 Å². The summed E-state index contributed by atoms with van der Waals surface area (Å²) >= 11 is 5.63. The van der Waals surface area contributed by atoms with E-state index in [4.69, 9.17) is 16.7 Å². The topological polar surface area (TPSA) is 20.2 Å². The van der Waals surface area contributed by atoms with E-state index in [1.165, 1.54) is 25.7 Å². The summed E-state index contributed by atoms with van der Waals surface area (Å²) in [4.78, 5) is 0. The lowest BCUT2D eigenvalue weighted by Crippen LogP contribution is -1.95. The Morgan fingerprint density at radius 2 is 1.75 bits per heavy atom. The van der Waals surface area contributed by atoms with Gasteiger partial charge in [-0.25, -0.2) is 0 Å². The SMILES string of the molecule is C[C@@H](CCCl)CCCCCCO. The van der Waals surface area contributed by atoms with E-state index in [1.54, 1.807) is 0 Å². The van der Waals surface area contributed by atoms with E-state index >= 15 is 0 Å². The molecule has 12 heavy (non-hydrogen) atoms. The van der Waals surface area contributed by atoms with Gasteiger partial charge in [0.15, 0.2) is 0 Å². The van der Waals surface area contributed by atoms with Crippen LogP contribution in [0.25, 0.3) is 0 Å². The Morgan fingerprint density at radius 3 is 2.33 bits per heavy atom. The Kier molecular flexibility index (Phi) is 9.53. The van der Waals surface area contributed by atoms with E-state index in [2.05, 4.69) is 6.92 Å². The lowest BCUT2D eigenvalue weighted by atomic mass is 10.0. The molecular weight excluding hydrogens is 172 g/mol. The van der Waals surface area contributed by atoms with Crippen molar-refractivity contribution in [1.82, 2.24) is 0 Å². The largest absolute Gasteiger partial charge is 0.396 e. The first-order chi connectivity index (χ1) is 5.81. The van der Waals surface area contributed by atoms with Crippen LogP contribution in [-0.2, 0) is 0 Å². The Hall–Kier alpha value is 0.250. The molecule has 0 aliphatic rings. The summed E-state index contributed by atoms with van der Waals surface area (Å²) in [6, 6.07) is 0. The van der Waals surface area contributed by atoms with Gasteiger partial charge in [-0.15, -0.1) is 11.6 Å². The normalized spacial score (nSPS) is 13.2. The summed E-state index contributed by atoms with van der Waals surface area (Å²) in [5, 5.41) is 8.54. The third-order valence-corrected chi connectivity index (χ3v) is 2.43. The summed E-state index contributed by atoms with van der Waals surface area (Å²) in [7, 11) is 0. The van der Waals surface area contributed by atoms with Crippen LogP contribution in [0.15, 0.2) is 0 Å². The van der Waals surface area contributed by atoms with Gasteiger partial charge in [-0.05, 0) is 18.8 Å². The number of hydrogen-bond donors (Lipinski definition) is 1. The van der Waals surface area contributed by atoms with Crippen LogP contribution in [0.4, 0.5) is 0 Å². The smallest absolute Gasteiger partial charge is 0.0431 e. The molecule has 0 saturated heterocycles. The molecule has 0 aliphatic heterocycles. The van der Waals surface area contributed by atoms with E-state index in [1.807, 2.05) is 0 Å². The van der Waals surface area contributed by atoms with Crippen LogP contribution in [-0.4, -0.2) is 17.6 Å². The molecule has 0 unspecified atom stereocenters. The number of alkyl halides is 1. The van der Waals surface area contributed by atoms with Gasteiger partial charge >= 0.3 is 0 Å². The summed E-state index contributed by atoms with van der Waals surface area (Å²) in [5.41, 5.74) is 0. The van der Waals surface area contributed by atoms with E-state index in [0.717, 1.165) is 24.6 Å². The zero-order chi connectivity index (χ0) is 9.23. The molecule has 0 aliphatic carbocycles. The van der Waals surface area contributed by atoms with E-state index in [0.29, 0.717) is 6.61 Å². The third kappa shape index (κ3) is 8.35. The molecule has 1 N–H and O–H groups in total. The summed E-state index contributed by atoms with van der Waals surface area (Å²) < 4.78 is 0. The van der Waals surface area contributed by atoms with Crippen LogP contribution in [0, 0.1) is 5.92 Å². The molecule has 0 spiro atoms.